The summed E-state index contributed by atoms with van der Waals surface area (Å²) < 4.78 is 28.9. The summed E-state index contributed by atoms with van der Waals surface area (Å²) in [5.74, 6) is 0.594. The van der Waals surface area contributed by atoms with Gasteiger partial charge in [-0.2, -0.15) is 17.4 Å². The van der Waals surface area contributed by atoms with E-state index in [9.17, 15) is 8.42 Å². The SMILES string of the molecule is CCCC(C)NS(=O)(=O)N1CCC(CNC(C)C)CC1. The standard InChI is InChI=1S/C14H31N3O2S/c1-5-6-13(4)16-20(18,19)17-9-7-14(8-10-17)11-15-12(2)3/h12-16H,5-11H2,1-4H3. The van der Waals surface area contributed by atoms with E-state index in [4.69, 9.17) is 0 Å². The fourth-order valence-electron chi connectivity index (χ4n) is 2.58. The Kier molecular flexibility index (Phi) is 7.43. The second kappa shape index (κ2) is 8.32. The van der Waals surface area contributed by atoms with Gasteiger partial charge in [-0.1, -0.05) is 27.2 Å². The van der Waals surface area contributed by atoms with Crippen molar-refractivity contribution in [2.45, 2.75) is 65.5 Å². The Labute approximate surface area is 124 Å². The molecule has 1 unspecified atom stereocenters. The van der Waals surface area contributed by atoms with Gasteiger partial charge in [0, 0.05) is 25.2 Å². The van der Waals surface area contributed by atoms with Crippen LogP contribution in [-0.4, -0.2) is 44.4 Å². The van der Waals surface area contributed by atoms with E-state index in [0.29, 0.717) is 25.0 Å². The van der Waals surface area contributed by atoms with Crippen LogP contribution in [0.2, 0.25) is 0 Å². The first kappa shape index (κ1) is 17.9. The lowest BCUT2D eigenvalue weighted by Gasteiger charge is -2.32. The Bertz CT molecular complexity index is 363. The van der Waals surface area contributed by atoms with E-state index >= 15 is 0 Å². The average molecular weight is 305 g/mol. The van der Waals surface area contributed by atoms with Crippen molar-refractivity contribution in [3.05, 3.63) is 0 Å². The van der Waals surface area contributed by atoms with Crippen LogP contribution in [0.25, 0.3) is 0 Å². The summed E-state index contributed by atoms with van der Waals surface area (Å²) in [6, 6.07) is 0.513. The molecule has 2 N–H and O–H groups in total. The highest BCUT2D eigenvalue weighted by atomic mass is 32.2. The highest BCUT2D eigenvalue weighted by Crippen LogP contribution is 2.19. The largest absolute Gasteiger partial charge is 0.314 e. The van der Waals surface area contributed by atoms with E-state index in [1.165, 1.54) is 0 Å². The minimum atomic E-state index is -3.30. The molecule has 6 heteroatoms. The van der Waals surface area contributed by atoms with Crippen LogP contribution in [0.4, 0.5) is 0 Å². The second-order valence-corrected chi connectivity index (χ2v) is 7.92. The molecule has 0 aromatic carbocycles. The van der Waals surface area contributed by atoms with Crippen LogP contribution in [0.5, 0.6) is 0 Å². The van der Waals surface area contributed by atoms with Crippen LogP contribution in [0.15, 0.2) is 0 Å². The number of nitrogens with one attached hydrogen (secondary N) is 2. The molecule has 1 heterocycles. The predicted molar refractivity (Wildman–Crippen MR) is 83.9 cm³/mol. The molecule has 5 nitrogen and oxygen atoms in total. The van der Waals surface area contributed by atoms with E-state index in [2.05, 4.69) is 30.8 Å². The molecule has 0 amide bonds. The molecular weight excluding hydrogens is 274 g/mol. The normalized spacial score (nSPS) is 20.4. The van der Waals surface area contributed by atoms with Gasteiger partial charge in [0.25, 0.3) is 10.2 Å². The molecule has 0 bridgehead atoms. The summed E-state index contributed by atoms with van der Waals surface area (Å²) in [5.41, 5.74) is 0. The van der Waals surface area contributed by atoms with E-state index in [1.807, 2.05) is 6.92 Å². The van der Waals surface area contributed by atoms with Crippen molar-refractivity contribution in [3.63, 3.8) is 0 Å². The molecule has 1 atom stereocenters. The first-order valence-electron chi connectivity index (χ1n) is 7.86. The quantitative estimate of drug-likeness (QED) is 0.718. The van der Waals surface area contributed by atoms with Crippen molar-refractivity contribution < 1.29 is 8.42 Å². The maximum atomic E-state index is 12.2. The van der Waals surface area contributed by atoms with Gasteiger partial charge in [0.1, 0.15) is 0 Å². The molecule has 20 heavy (non-hydrogen) atoms. The molecule has 1 fully saturated rings. The third-order valence-electron chi connectivity index (χ3n) is 3.80. The number of nitrogens with zero attached hydrogens (tertiary/aromatic N) is 1. The summed E-state index contributed by atoms with van der Waals surface area (Å²) in [6.07, 6.45) is 3.77. The van der Waals surface area contributed by atoms with Crippen molar-refractivity contribution in [2.75, 3.05) is 19.6 Å². The molecule has 0 aromatic rings. The molecule has 1 aliphatic heterocycles. The molecular formula is C14H31N3O2S. The van der Waals surface area contributed by atoms with Gasteiger partial charge in [0.05, 0.1) is 0 Å². The third kappa shape index (κ3) is 6.08. The zero-order valence-corrected chi connectivity index (χ0v) is 14.2. The van der Waals surface area contributed by atoms with Gasteiger partial charge < -0.3 is 5.32 Å². The predicted octanol–water partition coefficient (Wildman–Crippen LogP) is 1.72. The fourth-order valence-corrected chi connectivity index (χ4v) is 4.04. The molecule has 1 aliphatic rings. The van der Waals surface area contributed by atoms with Gasteiger partial charge in [0.15, 0.2) is 0 Å². The molecule has 0 saturated carbocycles. The fraction of sp³-hybridized carbons (Fsp3) is 1.00. The van der Waals surface area contributed by atoms with E-state index in [1.54, 1.807) is 4.31 Å². The number of piperidine rings is 1. The van der Waals surface area contributed by atoms with Gasteiger partial charge in [-0.3, -0.25) is 0 Å². The van der Waals surface area contributed by atoms with E-state index in [-0.39, 0.29) is 6.04 Å². The summed E-state index contributed by atoms with van der Waals surface area (Å²) in [6.45, 7) is 10.5. The maximum absolute atomic E-state index is 12.2. The Balaban J connectivity index is 2.39. The zero-order valence-electron chi connectivity index (χ0n) is 13.4. The van der Waals surface area contributed by atoms with Gasteiger partial charge in [0.2, 0.25) is 0 Å². The van der Waals surface area contributed by atoms with Gasteiger partial charge in [-0.05, 0) is 38.6 Å². The smallest absolute Gasteiger partial charge is 0.279 e. The molecule has 1 saturated heterocycles. The van der Waals surface area contributed by atoms with Crippen LogP contribution in [0, 0.1) is 5.92 Å². The summed E-state index contributed by atoms with van der Waals surface area (Å²) in [7, 11) is -3.30. The van der Waals surface area contributed by atoms with Crippen molar-refractivity contribution in [2.24, 2.45) is 5.92 Å². The lowest BCUT2D eigenvalue weighted by Crippen LogP contribution is -2.48. The molecule has 1 rings (SSSR count). The van der Waals surface area contributed by atoms with Gasteiger partial charge >= 0.3 is 0 Å². The van der Waals surface area contributed by atoms with Crippen LogP contribution in [-0.2, 0) is 10.2 Å². The number of hydrogen-bond donors (Lipinski definition) is 2. The minimum Gasteiger partial charge on any atom is -0.314 e. The van der Waals surface area contributed by atoms with Crippen molar-refractivity contribution in [1.82, 2.24) is 14.3 Å². The molecule has 0 spiro atoms. The highest BCUT2D eigenvalue weighted by molar-refractivity contribution is 7.87. The van der Waals surface area contributed by atoms with Crippen molar-refractivity contribution in [1.29, 1.82) is 0 Å². The van der Waals surface area contributed by atoms with Crippen LogP contribution in [0.1, 0.15) is 53.4 Å². The molecule has 0 aromatic heterocycles. The summed E-state index contributed by atoms with van der Waals surface area (Å²) in [5, 5.41) is 3.43. The number of hydrogen-bond acceptors (Lipinski definition) is 3. The molecule has 0 radical (unpaired) electrons. The second-order valence-electron chi connectivity index (χ2n) is 6.22. The minimum absolute atomic E-state index is 0.0188. The Morgan fingerprint density at radius 1 is 1.20 bits per heavy atom. The van der Waals surface area contributed by atoms with Crippen molar-refractivity contribution in [3.8, 4) is 0 Å². The van der Waals surface area contributed by atoms with E-state index < -0.39 is 10.2 Å². The maximum Gasteiger partial charge on any atom is 0.279 e. The van der Waals surface area contributed by atoms with Gasteiger partial charge in [-0.15, -0.1) is 0 Å². The summed E-state index contributed by atoms with van der Waals surface area (Å²) >= 11 is 0. The summed E-state index contributed by atoms with van der Waals surface area (Å²) in [4.78, 5) is 0. The zero-order chi connectivity index (χ0) is 15.2. The van der Waals surface area contributed by atoms with Crippen LogP contribution >= 0.6 is 0 Å². The molecule has 0 aliphatic carbocycles. The third-order valence-corrected chi connectivity index (χ3v) is 5.55. The Hall–Kier alpha value is -0.170. The average Bonchev–Trinajstić information content (AvgIpc) is 2.36. The van der Waals surface area contributed by atoms with Crippen molar-refractivity contribution >= 4 is 10.2 Å². The topological polar surface area (TPSA) is 61.4 Å². The van der Waals surface area contributed by atoms with Crippen LogP contribution in [0.3, 0.4) is 0 Å². The first-order chi connectivity index (χ1) is 9.35. The lowest BCUT2D eigenvalue weighted by atomic mass is 9.98. The van der Waals surface area contributed by atoms with Crippen LogP contribution < -0.4 is 10.0 Å². The monoisotopic (exact) mass is 305 g/mol. The van der Waals surface area contributed by atoms with E-state index in [0.717, 1.165) is 32.2 Å². The lowest BCUT2D eigenvalue weighted by molar-refractivity contribution is 0.260. The Morgan fingerprint density at radius 2 is 1.80 bits per heavy atom. The molecule has 120 valence electrons. The highest BCUT2D eigenvalue weighted by Gasteiger charge is 2.28. The number of rotatable bonds is 8. The first-order valence-corrected chi connectivity index (χ1v) is 9.30. The Morgan fingerprint density at radius 3 is 2.30 bits per heavy atom. The van der Waals surface area contributed by atoms with Gasteiger partial charge in [-0.25, -0.2) is 0 Å².